The number of nitrogens with zero attached hydrogens (tertiary/aromatic N) is 3. The summed E-state index contributed by atoms with van der Waals surface area (Å²) in [6.07, 6.45) is 6.52. The molecule has 2 heterocycles. The van der Waals surface area contributed by atoms with E-state index < -0.39 is 0 Å². The summed E-state index contributed by atoms with van der Waals surface area (Å²) in [6, 6.07) is 16.5. The van der Waals surface area contributed by atoms with Crippen LogP contribution in [-0.2, 0) is 11.3 Å². The SMILES string of the molecule is Cc1cc(C)cc(NC(=O)[C@@H]2CC23CCN(Cc2ccc(Oc4ncccn4)cc2)CC3)c1. The monoisotopic (exact) mass is 442 g/mol. The Kier molecular flexibility index (Phi) is 5.85. The van der Waals surface area contributed by atoms with Gasteiger partial charge in [-0.2, -0.15) is 0 Å². The van der Waals surface area contributed by atoms with E-state index in [1.54, 1.807) is 18.5 Å². The zero-order chi connectivity index (χ0) is 22.8. The molecule has 0 radical (unpaired) electrons. The maximum absolute atomic E-state index is 12.9. The Morgan fingerprint density at radius 2 is 1.73 bits per heavy atom. The Bertz CT molecular complexity index is 1100. The second kappa shape index (κ2) is 8.94. The van der Waals surface area contributed by atoms with Gasteiger partial charge >= 0.3 is 6.01 Å². The molecular formula is C27H30N4O2. The number of anilines is 1. The van der Waals surface area contributed by atoms with Crippen LogP contribution in [0, 0.1) is 25.2 Å². The van der Waals surface area contributed by atoms with Gasteiger partial charge < -0.3 is 10.1 Å². The number of hydrogen-bond acceptors (Lipinski definition) is 5. The van der Waals surface area contributed by atoms with Crippen LogP contribution in [0.25, 0.3) is 0 Å². The lowest BCUT2D eigenvalue weighted by Gasteiger charge is -2.32. The Morgan fingerprint density at radius 1 is 1.06 bits per heavy atom. The molecule has 1 atom stereocenters. The van der Waals surface area contributed by atoms with Crippen molar-refractivity contribution >= 4 is 11.6 Å². The van der Waals surface area contributed by atoms with Crippen LogP contribution in [0.3, 0.4) is 0 Å². The number of aryl methyl sites for hydroxylation is 2. The number of carbonyl (C=O) groups excluding carboxylic acids is 1. The maximum atomic E-state index is 12.9. The largest absolute Gasteiger partial charge is 0.424 e. The van der Waals surface area contributed by atoms with Crippen molar-refractivity contribution in [2.45, 2.75) is 39.7 Å². The number of nitrogens with one attached hydrogen (secondary N) is 1. The van der Waals surface area contributed by atoms with Gasteiger partial charge in [-0.15, -0.1) is 0 Å². The third kappa shape index (κ3) is 5.06. The van der Waals surface area contributed by atoms with Gasteiger partial charge in [0.1, 0.15) is 5.75 Å². The fraction of sp³-hybridized carbons (Fsp3) is 0.370. The van der Waals surface area contributed by atoms with E-state index in [1.165, 1.54) is 16.7 Å². The highest BCUT2D eigenvalue weighted by molar-refractivity contribution is 5.95. The topological polar surface area (TPSA) is 67.4 Å². The molecule has 1 amide bonds. The van der Waals surface area contributed by atoms with E-state index in [1.807, 2.05) is 24.3 Å². The smallest absolute Gasteiger partial charge is 0.321 e. The number of benzene rings is 2. The first-order valence-corrected chi connectivity index (χ1v) is 11.6. The first kappa shape index (κ1) is 21.6. The van der Waals surface area contributed by atoms with Gasteiger partial charge in [0.25, 0.3) is 0 Å². The van der Waals surface area contributed by atoms with Gasteiger partial charge in [-0.3, -0.25) is 9.69 Å². The van der Waals surface area contributed by atoms with Gasteiger partial charge in [-0.25, -0.2) is 9.97 Å². The van der Waals surface area contributed by atoms with Crippen LogP contribution in [0.4, 0.5) is 5.69 Å². The highest BCUT2D eigenvalue weighted by atomic mass is 16.5. The summed E-state index contributed by atoms with van der Waals surface area (Å²) in [5.41, 5.74) is 4.73. The lowest BCUT2D eigenvalue weighted by atomic mass is 9.90. The third-order valence-corrected chi connectivity index (χ3v) is 6.93. The van der Waals surface area contributed by atoms with E-state index in [0.717, 1.165) is 50.3 Å². The number of carbonyl (C=O) groups is 1. The molecule has 1 saturated heterocycles. The highest BCUT2D eigenvalue weighted by Gasteiger charge is 2.58. The summed E-state index contributed by atoms with van der Waals surface area (Å²) >= 11 is 0. The van der Waals surface area contributed by atoms with E-state index in [9.17, 15) is 4.79 Å². The normalized spacial score (nSPS) is 19.3. The Balaban J connectivity index is 1.11. The summed E-state index contributed by atoms with van der Waals surface area (Å²) in [5, 5.41) is 3.16. The molecule has 1 aliphatic heterocycles. The molecule has 1 aliphatic carbocycles. The number of likely N-dealkylation sites (tertiary alicyclic amines) is 1. The average molecular weight is 443 g/mol. The zero-order valence-corrected chi connectivity index (χ0v) is 19.3. The molecule has 3 aromatic rings. The molecule has 1 spiro atoms. The predicted molar refractivity (Wildman–Crippen MR) is 128 cm³/mol. The summed E-state index contributed by atoms with van der Waals surface area (Å²) < 4.78 is 5.67. The predicted octanol–water partition coefficient (Wildman–Crippen LogP) is 5.13. The van der Waals surface area contributed by atoms with Crippen molar-refractivity contribution in [3.63, 3.8) is 0 Å². The van der Waals surface area contributed by atoms with Gasteiger partial charge in [-0.05, 0) is 98.6 Å². The molecule has 6 nitrogen and oxygen atoms in total. The molecule has 5 rings (SSSR count). The minimum atomic E-state index is 0.150. The third-order valence-electron chi connectivity index (χ3n) is 6.93. The van der Waals surface area contributed by atoms with E-state index in [-0.39, 0.29) is 17.2 Å². The fourth-order valence-electron chi connectivity index (χ4n) is 5.07. The minimum absolute atomic E-state index is 0.150. The van der Waals surface area contributed by atoms with Gasteiger partial charge in [0.15, 0.2) is 0 Å². The summed E-state index contributed by atoms with van der Waals surface area (Å²) in [7, 11) is 0. The van der Waals surface area contributed by atoms with Gasteiger partial charge in [0, 0.05) is 30.5 Å². The number of piperidine rings is 1. The van der Waals surface area contributed by atoms with E-state index >= 15 is 0 Å². The molecule has 33 heavy (non-hydrogen) atoms. The standard InChI is InChI=1S/C27H30N4O2/c1-19-14-20(2)16-22(15-19)30-25(32)24-17-27(24)8-12-31(13-9-27)18-21-4-6-23(7-5-21)33-26-28-10-3-11-29-26/h3-7,10-11,14-16,24H,8-9,12-13,17-18H2,1-2H3,(H,30,32)/t24-/m0/s1. The highest BCUT2D eigenvalue weighted by Crippen LogP contribution is 2.59. The molecule has 2 aromatic carbocycles. The lowest BCUT2D eigenvalue weighted by molar-refractivity contribution is -0.118. The molecular weight excluding hydrogens is 412 g/mol. The van der Waals surface area contributed by atoms with Crippen LogP contribution < -0.4 is 10.1 Å². The zero-order valence-electron chi connectivity index (χ0n) is 19.3. The van der Waals surface area contributed by atoms with Gasteiger partial charge in [-0.1, -0.05) is 18.2 Å². The molecule has 170 valence electrons. The van der Waals surface area contributed by atoms with Crippen molar-refractivity contribution in [1.29, 1.82) is 0 Å². The van der Waals surface area contributed by atoms with Crippen molar-refractivity contribution in [3.8, 4) is 11.8 Å². The number of ether oxygens (including phenoxy) is 1. The second-order valence-corrected chi connectivity index (χ2v) is 9.54. The van der Waals surface area contributed by atoms with E-state index in [4.69, 9.17) is 4.74 Å². The van der Waals surface area contributed by atoms with Crippen LogP contribution in [0.5, 0.6) is 11.8 Å². The van der Waals surface area contributed by atoms with Crippen molar-refractivity contribution in [3.05, 3.63) is 77.6 Å². The first-order valence-electron chi connectivity index (χ1n) is 11.6. The molecule has 6 heteroatoms. The number of rotatable bonds is 6. The minimum Gasteiger partial charge on any atom is -0.424 e. The van der Waals surface area contributed by atoms with Crippen molar-refractivity contribution in [2.75, 3.05) is 18.4 Å². The number of aromatic nitrogens is 2. The summed E-state index contributed by atoms with van der Waals surface area (Å²) in [4.78, 5) is 23.5. The Hall–Kier alpha value is -3.25. The second-order valence-electron chi connectivity index (χ2n) is 9.54. The van der Waals surface area contributed by atoms with Crippen molar-refractivity contribution in [2.24, 2.45) is 11.3 Å². The summed E-state index contributed by atoms with van der Waals surface area (Å²) in [6.45, 7) is 7.11. The quantitative estimate of drug-likeness (QED) is 0.573. The van der Waals surface area contributed by atoms with Crippen LogP contribution in [0.2, 0.25) is 0 Å². The molecule has 1 saturated carbocycles. The number of hydrogen-bond donors (Lipinski definition) is 1. The van der Waals surface area contributed by atoms with Crippen LogP contribution in [-0.4, -0.2) is 33.9 Å². The average Bonchev–Trinajstić information content (AvgIpc) is 3.50. The van der Waals surface area contributed by atoms with E-state index in [0.29, 0.717) is 6.01 Å². The van der Waals surface area contributed by atoms with Crippen LogP contribution in [0.15, 0.2) is 60.9 Å². The maximum Gasteiger partial charge on any atom is 0.321 e. The van der Waals surface area contributed by atoms with Crippen LogP contribution in [0.1, 0.15) is 36.0 Å². The molecule has 0 bridgehead atoms. The van der Waals surface area contributed by atoms with E-state index in [2.05, 4.69) is 52.2 Å². The molecule has 1 N–H and O–H groups in total. The van der Waals surface area contributed by atoms with Gasteiger partial charge in [0.2, 0.25) is 5.91 Å². The molecule has 1 aromatic heterocycles. The van der Waals surface area contributed by atoms with Gasteiger partial charge in [0.05, 0.1) is 0 Å². The molecule has 0 unspecified atom stereocenters. The Morgan fingerprint density at radius 3 is 2.39 bits per heavy atom. The molecule has 2 aliphatic rings. The molecule has 2 fully saturated rings. The van der Waals surface area contributed by atoms with Crippen molar-refractivity contribution < 1.29 is 9.53 Å². The van der Waals surface area contributed by atoms with Crippen LogP contribution >= 0.6 is 0 Å². The summed E-state index contributed by atoms with van der Waals surface area (Å²) in [5.74, 6) is 1.07. The lowest BCUT2D eigenvalue weighted by Crippen LogP contribution is -2.35. The Labute approximate surface area is 195 Å². The first-order chi connectivity index (χ1) is 16.0. The number of amides is 1. The van der Waals surface area contributed by atoms with Crippen molar-refractivity contribution in [1.82, 2.24) is 14.9 Å². The fourth-order valence-corrected chi connectivity index (χ4v) is 5.07.